The molecule has 1 heterocycles. The molecule has 1 aliphatic rings. The number of aliphatic carboxylic acids is 1. The molecule has 5 nitrogen and oxygen atoms in total. The SMILES string of the molecule is CC(C(=O)O)C1CN(C(=O)C(N)CCc2ccccc2)C1. The summed E-state index contributed by atoms with van der Waals surface area (Å²) in [5.74, 6) is -1.23. The first kappa shape index (κ1) is 15.5. The lowest BCUT2D eigenvalue weighted by Crippen LogP contribution is -2.57. The van der Waals surface area contributed by atoms with Crippen LogP contribution in [0.25, 0.3) is 0 Å². The first-order valence-corrected chi connectivity index (χ1v) is 7.30. The number of hydrogen-bond donors (Lipinski definition) is 2. The van der Waals surface area contributed by atoms with Gasteiger partial charge in [-0.05, 0) is 18.4 Å². The quantitative estimate of drug-likeness (QED) is 0.822. The van der Waals surface area contributed by atoms with Crippen molar-refractivity contribution in [3.8, 4) is 0 Å². The second kappa shape index (κ2) is 6.72. The van der Waals surface area contributed by atoms with E-state index in [1.807, 2.05) is 30.3 Å². The van der Waals surface area contributed by atoms with Crippen LogP contribution >= 0.6 is 0 Å². The van der Waals surface area contributed by atoms with E-state index < -0.39 is 17.9 Å². The largest absolute Gasteiger partial charge is 0.481 e. The normalized spacial score (nSPS) is 17.9. The van der Waals surface area contributed by atoms with Crippen LogP contribution in [0.1, 0.15) is 18.9 Å². The molecule has 0 aromatic heterocycles. The Bertz CT molecular complexity index is 498. The number of amides is 1. The van der Waals surface area contributed by atoms with Crippen molar-refractivity contribution in [3.05, 3.63) is 35.9 Å². The van der Waals surface area contributed by atoms with Crippen molar-refractivity contribution in [2.75, 3.05) is 13.1 Å². The fourth-order valence-corrected chi connectivity index (χ4v) is 2.54. The molecule has 0 radical (unpaired) electrons. The molecular formula is C16H22N2O3. The number of nitrogens with two attached hydrogens (primary N) is 1. The van der Waals surface area contributed by atoms with Gasteiger partial charge >= 0.3 is 5.97 Å². The molecule has 1 aromatic rings. The molecule has 114 valence electrons. The van der Waals surface area contributed by atoms with Crippen LogP contribution in [-0.4, -0.2) is 41.0 Å². The zero-order valence-electron chi connectivity index (χ0n) is 12.2. The summed E-state index contributed by atoms with van der Waals surface area (Å²) in [6, 6.07) is 9.42. The summed E-state index contributed by atoms with van der Waals surface area (Å²) in [4.78, 5) is 24.7. The highest BCUT2D eigenvalue weighted by molar-refractivity contribution is 5.82. The molecule has 1 amide bonds. The van der Waals surface area contributed by atoms with E-state index in [0.29, 0.717) is 19.5 Å². The summed E-state index contributed by atoms with van der Waals surface area (Å²) >= 11 is 0. The smallest absolute Gasteiger partial charge is 0.306 e. The van der Waals surface area contributed by atoms with Crippen molar-refractivity contribution in [2.24, 2.45) is 17.6 Å². The van der Waals surface area contributed by atoms with E-state index in [9.17, 15) is 9.59 Å². The number of carboxylic acid groups (broad SMARTS) is 1. The molecule has 21 heavy (non-hydrogen) atoms. The summed E-state index contributed by atoms with van der Waals surface area (Å²) < 4.78 is 0. The first-order chi connectivity index (χ1) is 9.99. The van der Waals surface area contributed by atoms with Gasteiger partial charge in [-0.25, -0.2) is 0 Å². The van der Waals surface area contributed by atoms with Crippen LogP contribution in [0.2, 0.25) is 0 Å². The Labute approximate surface area is 124 Å². The molecule has 1 aliphatic heterocycles. The predicted octanol–water partition coefficient (Wildman–Crippen LogP) is 1.13. The van der Waals surface area contributed by atoms with E-state index in [-0.39, 0.29) is 11.8 Å². The first-order valence-electron chi connectivity index (χ1n) is 7.30. The standard InChI is InChI=1S/C16H22N2O3/c1-11(16(20)21)13-9-18(10-13)15(19)14(17)8-7-12-5-3-2-4-6-12/h2-6,11,13-14H,7-10,17H2,1H3,(H,20,21). The molecule has 1 saturated heterocycles. The van der Waals surface area contributed by atoms with Crippen molar-refractivity contribution < 1.29 is 14.7 Å². The summed E-state index contributed by atoms with van der Waals surface area (Å²) in [7, 11) is 0. The Morgan fingerprint density at radius 3 is 2.52 bits per heavy atom. The zero-order chi connectivity index (χ0) is 15.4. The summed E-state index contributed by atoms with van der Waals surface area (Å²) in [5.41, 5.74) is 7.12. The molecule has 0 spiro atoms. The van der Waals surface area contributed by atoms with Gasteiger partial charge in [-0.1, -0.05) is 37.3 Å². The average Bonchev–Trinajstić information content (AvgIpc) is 2.43. The van der Waals surface area contributed by atoms with Crippen molar-refractivity contribution in [1.29, 1.82) is 0 Å². The maximum absolute atomic E-state index is 12.1. The number of rotatable bonds is 6. The molecule has 2 rings (SSSR count). The van der Waals surface area contributed by atoms with Gasteiger partial charge in [0, 0.05) is 19.0 Å². The fraction of sp³-hybridized carbons (Fsp3) is 0.500. The molecule has 0 saturated carbocycles. The highest BCUT2D eigenvalue weighted by atomic mass is 16.4. The van der Waals surface area contributed by atoms with Crippen molar-refractivity contribution in [2.45, 2.75) is 25.8 Å². The predicted molar refractivity (Wildman–Crippen MR) is 79.6 cm³/mol. The number of likely N-dealkylation sites (tertiary alicyclic amines) is 1. The number of aryl methyl sites for hydroxylation is 1. The Balaban J connectivity index is 1.75. The van der Waals surface area contributed by atoms with Gasteiger partial charge in [0.1, 0.15) is 0 Å². The molecule has 5 heteroatoms. The molecule has 1 aromatic carbocycles. The Hall–Kier alpha value is -1.88. The number of carboxylic acids is 1. The second-order valence-electron chi connectivity index (χ2n) is 5.76. The van der Waals surface area contributed by atoms with E-state index in [1.54, 1.807) is 11.8 Å². The van der Waals surface area contributed by atoms with Gasteiger partial charge in [0.25, 0.3) is 0 Å². The van der Waals surface area contributed by atoms with Crippen molar-refractivity contribution in [1.82, 2.24) is 4.90 Å². The minimum absolute atomic E-state index is 0.0489. The summed E-state index contributed by atoms with van der Waals surface area (Å²) in [5, 5.41) is 8.93. The number of benzene rings is 1. The van der Waals surface area contributed by atoms with E-state index in [1.165, 1.54) is 5.56 Å². The third-order valence-electron chi connectivity index (χ3n) is 4.22. The van der Waals surface area contributed by atoms with Crippen LogP contribution in [0.5, 0.6) is 0 Å². The molecule has 1 fully saturated rings. The van der Waals surface area contributed by atoms with Crippen LogP contribution < -0.4 is 5.73 Å². The van der Waals surface area contributed by atoms with Gasteiger partial charge in [-0.3, -0.25) is 9.59 Å². The van der Waals surface area contributed by atoms with Gasteiger partial charge in [-0.15, -0.1) is 0 Å². The third kappa shape index (κ3) is 3.82. The van der Waals surface area contributed by atoms with Crippen molar-refractivity contribution >= 4 is 11.9 Å². The molecular weight excluding hydrogens is 268 g/mol. The third-order valence-corrected chi connectivity index (χ3v) is 4.22. The summed E-state index contributed by atoms with van der Waals surface area (Å²) in [6.45, 7) is 2.70. The van der Waals surface area contributed by atoms with Gasteiger partial charge in [0.05, 0.1) is 12.0 Å². The zero-order valence-corrected chi connectivity index (χ0v) is 12.2. The molecule has 2 unspecified atom stereocenters. The lowest BCUT2D eigenvalue weighted by molar-refractivity contribution is -0.151. The monoisotopic (exact) mass is 290 g/mol. The fourth-order valence-electron chi connectivity index (χ4n) is 2.54. The van der Waals surface area contributed by atoms with Gasteiger partial charge in [0.2, 0.25) is 5.91 Å². The minimum Gasteiger partial charge on any atom is -0.481 e. The van der Waals surface area contributed by atoms with Crippen LogP contribution in [0.15, 0.2) is 30.3 Å². The minimum atomic E-state index is -0.805. The highest BCUT2D eigenvalue weighted by Crippen LogP contribution is 2.24. The van der Waals surface area contributed by atoms with E-state index in [4.69, 9.17) is 10.8 Å². The molecule has 0 bridgehead atoms. The van der Waals surface area contributed by atoms with Crippen molar-refractivity contribution in [3.63, 3.8) is 0 Å². The van der Waals surface area contributed by atoms with Gasteiger partial charge in [0.15, 0.2) is 0 Å². The van der Waals surface area contributed by atoms with Crippen LogP contribution in [0.4, 0.5) is 0 Å². The lowest BCUT2D eigenvalue weighted by Gasteiger charge is -2.42. The Morgan fingerprint density at radius 2 is 1.95 bits per heavy atom. The number of nitrogens with zero attached hydrogens (tertiary/aromatic N) is 1. The average molecular weight is 290 g/mol. The van der Waals surface area contributed by atoms with E-state index in [2.05, 4.69) is 0 Å². The van der Waals surface area contributed by atoms with Gasteiger partial charge < -0.3 is 15.7 Å². The number of carbonyl (C=O) groups is 2. The van der Waals surface area contributed by atoms with Gasteiger partial charge in [-0.2, -0.15) is 0 Å². The van der Waals surface area contributed by atoms with E-state index in [0.717, 1.165) is 6.42 Å². The molecule has 3 N–H and O–H groups in total. The maximum Gasteiger partial charge on any atom is 0.306 e. The van der Waals surface area contributed by atoms with E-state index >= 15 is 0 Å². The topological polar surface area (TPSA) is 83.6 Å². The second-order valence-corrected chi connectivity index (χ2v) is 5.76. The summed E-state index contributed by atoms with van der Waals surface area (Å²) in [6.07, 6.45) is 1.38. The highest BCUT2D eigenvalue weighted by Gasteiger charge is 2.38. The van der Waals surface area contributed by atoms with Crippen LogP contribution in [-0.2, 0) is 16.0 Å². The Kier molecular flexibility index (Phi) is 4.96. The van der Waals surface area contributed by atoms with Crippen LogP contribution in [0, 0.1) is 11.8 Å². The Morgan fingerprint density at radius 1 is 1.33 bits per heavy atom. The number of carbonyl (C=O) groups excluding carboxylic acids is 1. The molecule has 0 aliphatic carbocycles. The van der Waals surface area contributed by atoms with Crippen LogP contribution in [0.3, 0.4) is 0 Å². The molecule has 2 atom stereocenters. The number of hydrogen-bond acceptors (Lipinski definition) is 3. The lowest BCUT2D eigenvalue weighted by atomic mass is 9.86. The maximum atomic E-state index is 12.1.